The van der Waals surface area contributed by atoms with Gasteiger partial charge in [-0.25, -0.2) is 14.8 Å². The van der Waals surface area contributed by atoms with Crippen LogP contribution >= 0.6 is 0 Å². The van der Waals surface area contributed by atoms with E-state index in [4.69, 9.17) is 9.47 Å². The maximum absolute atomic E-state index is 14.2. The largest absolute Gasteiger partial charge is 0.493 e. The van der Waals surface area contributed by atoms with Gasteiger partial charge in [-0.2, -0.15) is 13.2 Å². The molecule has 1 fully saturated rings. The molecule has 36 heavy (non-hydrogen) atoms. The topological polar surface area (TPSA) is 81.0 Å². The first-order chi connectivity index (χ1) is 16.8. The molecule has 1 aliphatic heterocycles. The Hall–Kier alpha value is -3.50. The van der Waals surface area contributed by atoms with Crippen molar-refractivity contribution in [2.75, 3.05) is 25.1 Å². The Bertz CT molecular complexity index is 1270. The lowest BCUT2D eigenvalue weighted by molar-refractivity contribution is -0.137. The number of nitrogens with zero attached hydrogens (tertiary/aromatic N) is 4. The van der Waals surface area contributed by atoms with Crippen molar-refractivity contribution in [3.05, 3.63) is 42.0 Å². The Kier molecular flexibility index (Phi) is 6.76. The number of hydrogen-bond donors (Lipinski definition) is 1. The second-order valence-electron chi connectivity index (χ2n) is 9.93. The average molecular weight is 506 g/mol. The number of nitrogens with one attached hydrogen (secondary N) is 1. The number of aromatic nitrogens is 3. The molecule has 1 aliphatic rings. The number of imidazole rings is 1. The van der Waals surface area contributed by atoms with Crippen LogP contribution in [0.1, 0.15) is 44.9 Å². The van der Waals surface area contributed by atoms with E-state index in [1.165, 1.54) is 13.3 Å². The lowest BCUT2D eigenvalue weighted by Gasteiger charge is -2.35. The molecule has 4 rings (SSSR count). The number of anilines is 1. The number of fused-ring (bicyclic) bond motifs is 1. The average Bonchev–Trinajstić information content (AvgIpc) is 3.16. The van der Waals surface area contributed by atoms with E-state index < -0.39 is 23.4 Å². The van der Waals surface area contributed by atoms with E-state index in [-0.39, 0.29) is 18.4 Å². The molecular formula is C25H30F3N5O3. The van der Waals surface area contributed by atoms with E-state index in [0.717, 1.165) is 11.8 Å². The van der Waals surface area contributed by atoms with Crippen LogP contribution in [0, 0.1) is 6.92 Å². The van der Waals surface area contributed by atoms with Crippen molar-refractivity contribution in [1.29, 1.82) is 0 Å². The molecule has 1 amide bonds. The summed E-state index contributed by atoms with van der Waals surface area (Å²) < 4.78 is 55.0. The van der Waals surface area contributed by atoms with Gasteiger partial charge >= 0.3 is 12.3 Å². The van der Waals surface area contributed by atoms with Crippen molar-refractivity contribution in [3.8, 4) is 16.9 Å². The van der Waals surface area contributed by atoms with E-state index in [1.54, 1.807) is 48.5 Å². The van der Waals surface area contributed by atoms with Crippen LogP contribution in [0.15, 0.2) is 30.7 Å². The number of carbonyl (C=O) groups excluding carboxylic acids is 1. The molecule has 0 spiro atoms. The molecule has 4 heterocycles. The van der Waals surface area contributed by atoms with Gasteiger partial charge in [0.25, 0.3) is 0 Å². The van der Waals surface area contributed by atoms with E-state index in [9.17, 15) is 18.0 Å². The van der Waals surface area contributed by atoms with E-state index in [1.807, 2.05) is 6.92 Å². The molecule has 0 aliphatic carbocycles. The lowest BCUT2D eigenvalue weighted by atomic mass is 10.0. The smallest absolute Gasteiger partial charge is 0.419 e. The van der Waals surface area contributed by atoms with Crippen LogP contribution in [-0.4, -0.2) is 52.3 Å². The standard InChI is InChI=1S/C25H30F3N5O3/c1-15-12-33-13-17(10-20(35-5)22(33)30-15)16-9-19(25(26,27)28)21(29-11-16)32-8-6-7-18(14-32)31-23(34)36-24(2,3)4/h9-13,18H,6-8,14H2,1-5H3,(H,31,34)/t18-/m1/s1. The number of pyridine rings is 2. The normalized spacial score (nSPS) is 16.8. The number of ether oxygens (including phenoxy) is 2. The van der Waals surface area contributed by atoms with Gasteiger partial charge in [0.05, 0.1) is 18.4 Å². The zero-order valence-corrected chi connectivity index (χ0v) is 20.9. The molecule has 11 heteroatoms. The minimum absolute atomic E-state index is 0.159. The second kappa shape index (κ2) is 9.51. The highest BCUT2D eigenvalue weighted by Gasteiger charge is 2.37. The minimum atomic E-state index is -4.62. The van der Waals surface area contributed by atoms with Crippen molar-refractivity contribution in [1.82, 2.24) is 19.7 Å². The predicted molar refractivity (Wildman–Crippen MR) is 129 cm³/mol. The third-order valence-corrected chi connectivity index (χ3v) is 5.80. The van der Waals surface area contributed by atoms with Gasteiger partial charge in [-0.1, -0.05) is 0 Å². The Morgan fingerprint density at radius 1 is 1.17 bits per heavy atom. The summed E-state index contributed by atoms with van der Waals surface area (Å²) in [6, 6.07) is 2.41. The van der Waals surface area contributed by atoms with Gasteiger partial charge in [-0.3, -0.25) is 0 Å². The molecule has 3 aromatic rings. The van der Waals surface area contributed by atoms with Crippen LogP contribution in [0.5, 0.6) is 5.75 Å². The van der Waals surface area contributed by atoms with Crippen molar-refractivity contribution in [3.63, 3.8) is 0 Å². The molecule has 0 unspecified atom stereocenters. The van der Waals surface area contributed by atoms with Crippen LogP contribution in [0.3, 0.4) is 0 Å². The van der Waals surface area contributed by atoms with Crippen molar-refractivity contribution in [2.45, 2.75) is 58.4 Å². The number of alkyl halides is 3. The molecule has 0 aromatic carbocycles. The van der Waals surface area contributed by atoms with Gasteiger partial charge in [0.15, 0.2) is 11.4 Å². The Morgan fingerprint density at radius 2 is 1.92 bits per heavy atom. The van der Waals surface area contributed by atoms with Gasteiger partial charge in [0.2, 0.25) is 0 Å². The molecule has 1 N–H and O–H groups in total. The van der Waals surface area contributed by atoms with Crippen molar-refractivity contribution < 1.29 is 27.4 Å². The summed E-state index contributed by atoms with van der Waals surface area (Å²) in [6.07, 6.45) is 0.945. The Labute approximate surface area is 207 Å². The zero-order chi connectivity index (χ0) is 26.3. The van der Waals surface area contributed by atoms with Gasteiger partial charge in [-0.15, -0.1) is 0 Å². The number of piperidine rings is 1. The van der Waals surface area contributed by atoms with Crippen LogP contribution in [0.2, 0.25) is 0 Å². The number of amides is 1. The molecule has 1 atom stereocenters. The number of halogens is 3. The predicted octanol–water partition coefficient (Wildman–Crippen LogP) is 5.23. The lowest BCUT2D eigenvalue weighted by Crippen LogP contribution is -2.49. The van der Waals surface area contributed by atoms with E-state index in [2.05, 4.69) is 15.3 Å². The fourth-order valence-corrected chi connectivity index (χ4v) is 4.34. The molecule has 0 bridgehead atoms. The second-order valence-corrected chi connectivity index (χ2v) is 9.93. The van der Waals surface area contributed by atoms with Gasteiger partial charge in [0.1, 0.15) is 11.4 Å². The summed E-state index contributed by atoms with van der Waals surface area (Å²) >= 11 is 0. The number of alkyl carbamates (subject to hydrolysis) is 1. The molecule has 8 nitrogen and oxygen atoms in total. The van der Waals surface area contributed by atoms with Crippen LogP contribution in [0.25, 0.3) is 16.8 Å². The van der Waals surface area contributed by atoms with Crippen LogP contribution in [-0.2, 0) is 10.9 Å². The number of carbonyl (C=O) groups is 1. The molecule has 3 aromatic heterocycles. The number of aryl methyl sites for hydroxylation is 1. The molecule has 0 saturated carbocycles. The van der Waals surface area contributed by atoms with E-state index in [0.29, 0.717) is 41.9 Å². The zero-order valence-electron chi connectivity index (χ0n) is 20.9. The fraction of sp³-hybridized carbons (Fsp3) is 0.480. The minimum Gasteiger partial charge on any atom is -0.493 e. The molecular weight excluding hydrogens is 475 g/mol. The third-order valence-electron chi connectivity index (χ3n) is 5.80. The maximum Gasteiger partial charge on any atom is 0.419 e. The summed E-state index contributed by atoms with van der Waals surface area (Å²) in [5.41, 5.74) is 0.660. The van der Waals surface area contributed by atoms with Crippen molar-refractivity contribution >= 4 is 17.6 Å². The van der Waals surface area contributed by atoms with Gasteiger partial charge < -0.3 is 24.1 Å². The number of hydrogen-bond acceptors (Lipinski definition) is 6. The van der Waals surface area contributed by atoms with Gasteiger partial charge in [-0.05, 0) is 52.7 Å². The molecule has 194 valence electrons. The first-order valence-corrected chi connectivity index (χ1v) is 11.7. The SMILES string of the molecule is COc1cc(-c2cnc(N3CCC[C@@H](NC(=O)OC(C)(C)C)C3)c(C(F)(F)F)c2)cn2cc(C)nc12. The quantitative estimate of drug-likeness (QED) is 0.523. The molecule has 0 radical (unpaired) electrons. The highest BCUT2D eigenvalue weighted by atomic mass is 19.4. The number of rotatable bonds is 4. The fourth-order valence-electron chi connectivity index (χ4n) is 4.34. The summed E-state index contributed by atoms with van der Waals surface area (Å²) in [5, 5.41) is 2.77. The maximum atomic E-state index is 14.2. The summed E-state index contributed by atoms with van der Waals surface area (Å²) in [7, 11) is 1.49. The summed E-state index contributed by atoms with van der Waals surface area (Å²) in [6.45, 7) is 7.68. The Balaban J connectivity index is 1.65. The first-order valence-electron chi connectivity index (χ1n) is 11.7. The highest BCUT2D eigenvalue weighted by molar-refractivity contribution is 5.71. The first kappa shape index (κ1) is 25.6. The third kappa shape index (κ3) is 5.66. The van der Waals surface area contributed by atoms with Crippen molar-refractivity contribution in [2.24, 2.45) is 0 Å². The summed E-state index contributed by atoms with van der Waals surface area (Å²) in [5.74, 6) is 0.291. The monoisotopic (exact) mass is 505 g/mol. The summed E-state index contributed by atoms with van der Waals surface area (Å²) in [4.78, 5) is 22.4. The van der Waals surface area contributed by atoms with Gasteiger partial charge in [0, 0.05) is 48.8 Å². The number of methoxy groups -OCH3 is 1. The van der Waals surface area contributed by atoms with E-state index >= 15 is 0 Å². The van der Waals surface area contributed by atoms with Crippen LogP contribution in [0.4, 0.5) is 23.8 Å². The highest BCUT2D eigenvalue weighted by Crippen LogP contribution is 2.39. The molecule has 1 saturated heterocycles. The Morgan fingerprint density at radius 3 is 2.58 bits per heavy atom. The van der Waals surface area contributed by atoms with Crippen LogP contribution < -0.4 is 15.0 Å².